The van der Waals surface area contributed by atoms with Crippen molar-refractivity contribution in [1.82, 2.24) is 10.3 Å². The molecule has 0 bridgehead atoms. The van der Waals surface area contributed by atoms with Crippen LogP contribution in [0.2, 0.25) is 15.1 Å². The first-order valence-corrected chi connectivity index (χ1v) is 10.0. The number of carboxylic acids is 1. The quantitative estimate of drug-likeness (QED) is 0.498. The normalized spacial score (nSPS) is 11.8. The predicted molar refractivity (Wildman–Crippen MR) is 111 cm³/mol. The van der Waals surface area contributed by atoms with E-state index in [1.54, 1.807) is 35.7 Å². The average Bonchev–Trinajstić information content (AvgIpc) is 3.13. The molecule has 0 saturated heterocycles. The zero-order chi connectivity index (χ0) is 20.3. The van der Waals surface area contributed by atoms with Crippen molar-refractivity contribution in [2.75, 3.05) is 0 Å². The number of carbonyl (C=O) groups is 2. The second-order valence-corrected chi connectivity index (χ2v) is 7.84. The molecule has 0 spiro atoms. The van der Waals surface area contributed by atoms with Crippen molar-refractivity contribution in [3.63, 3.8) is 0 Å². The molecule has 28 heavy (non-hydrogen) atoms. The summed E-state index contributed by atoms with van der Waals surface area (Å²) in [7, 11) is 0. The summed E-state index contributed by atoms with van der Waals surface area (Å²) >= 11 is 19.7. The van der Waals surface area contributed by atoms with Gasteiger partial charge in [0.05, 0.1) is 27.5 Å². The van der Waals surface area contributed by atoms with Crippen LogP contribution in [-0.4, -0.2) is 22.0 Å². The van der Waals surface area contributed by atoms with Gasteiger partial charge in [-0.2, -0.15) is 0 Å². The Morgan fingerprint density at radius 1 is 1.07 bits per heavy atom. The number of hydrogen-bond donors (Lipinski definition) is 2. The van der Waals surface area contributed by atoms with Gasteiger partial charge in [0.2, 0.25) is 0 Å². The van der Waals surface area contributed by atoms with Crippen LogP contribution in [0.15, 0.2) is 47.8 Å². The van der Waals surface area contributed by atoms with E-state index in [0.717, 1.165) is 0 Å². The Hall–Kier alpha value is -2.12. The van der Waals surface area contributed by atoms with Crippen LogP contribution in [0.5, 0.6) is 0 Å². The first kappa shape index (κ1) is 20.6. The van der Waals surface area contributed by atoms with Gasteiger partial charge in [-0.05, 0) is 17.7 Å². The lowest BCUT2D eigenvalue weighted by Crippen LogP contribution is -2.30. The highest BCUT2D eigenvalue weighted by Crippen LogP contribution is 2.33. The van der Waals surface area contributed by atoms with E-state index < -0.39 is 17.9 Å². The van der Waals surface area contributed by atoms with Crippen LogP contribution in [0.25, 0.3) is 10.6 Å². The Kier molecular flexibility index (Phi) is 6.57. The van der Waals surface area contributed by atoms with E-state index in [-0.39, 0.29) is 22.2 Å². The number of nitrogens with one attached hydrogen (secondary N) is 1. The third-order valence-corrected chi connectivity index (χ3v) is 5.92. The summed E-state index contributed by atoms with van der Waals surface area (Å²) in [6.07, 6.45) is -0.354. The molecule has 1 atom stereocenters. The zero-order valence-electron chi connectivity index (χ0n) is 14.2. The lowest BCUT2D eigenvalue weighted by molar-refractivity contribution is -0.137. The number of amides is 1. The number of aromatic nitrogens is 1. The summed E-state index contributed by atoms with van der Waals surface area (Å²) in [5.74, 6) is -1.60. The van der Waals surface area contributed by atoms with Crippen molar-refractivity contribution in [1.29, 1.82) is 0 Å². The molecule has 0 fully saturated rings. The highest BCUT2D eigenvalue weighted by Gasteiger charge is 2.23. The number of carboxylic acid groups (broad SMARTS) is 1. The first-order valence-electron chi connectivity index (χ1n) is 8.04. The van der Waals surface area contributed by atoms with Crippen LogP contribution in [0.4, 0.5) is 0 Å². The maximum atomic E-state index is 12.7. The molecular formula is C19H13Cl3N2O3S. The maximum absolute atomic E-state index is 12.7. The van der Waals surface area contributed by atoms with Crippen LogP contribution < -0.4 is 5.32 Å². The van der Waals surface area contributed by atoms with E-state index in [1.165, 1.54) is 11.3 Å². The molecule has 3 rings (SSSR count). The predicted octanol–water partition coefficient (Wildman–Crippen LogP) is 5.72. The number of benzene rings is 2. The minimum atomic E-state index is -1.09. The molecule has 0 radical (unpaired) electrons. The van der Waals surface area contributed by atoms with Crippen molar-refractivity contribution >= 4 is 58.0 Å². The number of halogens is 3. The molecule has 1 aromatic heterocycles. The SMILES string of the molecule is O=C(O)CC(NC(=O)c1csc(-c2ccccc2Cl)n1)c1cccc(Cl)c1Cl. The fourth-order valence-corrected chi connectivity index (χ4v) is 4.13. The van der Waals surface area contributed by atoms with Crippen molar-refractivity contribution in [2.45, 2.75) is 12.5 Å². The van der Waals surface area contributed by atoms with Gasteiger partial charge >= 0.3 is 5.97 Å². The molecule has 144 valence electrons. The number of carbonyl (C=O) groups excluding carboxylic acids is 1. The fourth-order valence-electron chi connectivity index (χ4n) is 2.57. The van der Waals surface area contributed by atoms with Gasteiger partial charge in [0.15, 0.2) is 0 Å². The smallest absolute Gasteiger partial charge is 0.305 e. The minimum Gasteiger partial charge on any atom is -0.481 e. The summed E-state index contributed by atoms with van der Waals surface area (Å²) in [5.41, 5.74) is 1.30. The number of aliphatic carboxylic acids is 1. The number of rotatable bonds is 6. The van der Waals surface area contributed by atoms with Crippen LogP contribution in [-0.2, 0) is 4.79 Å². The summed E-state index contributed by atoms with van der Waals surface area (Å²) < 4.78 is 0. The van der Waals surface area contributed by atoms with Crippen LogP contribution in [0.3, 0.4) is 0 Å². The molecule has 2 aromatic carbocycles. The van der Waals surface area contributed by atoms with Crippen molar-refractivity contribution in [2.24, 2.45) is 0 Å². The topological polar surface area (TPSA) is 79.3 Å². The minimum absolute atomic E-state index is 0.161. The Morgan fingerprint density at radius 3 is 2.50 bits per heavy atom. The zero-order valence-corrected chi connectivity index (χ0v) is 17.2. The Labute approximate surface area is 179 Å². The Bertz CT molecular complexity index is 1040. The molecule has 3 aromatic rings. The monoisotopic (exact) mass is 454 g/mol. The highest BCUT2D eigenvalue weighted by molar-refractivity contribution is 7.13. The van der Waals surface area contributed by atoms with Gasteiger partial charge in [-0.15, -0.1) is 11.3 Å². The third kappa shape index (κ3) is 4.64. The summed E-state index contributed by atoms with van der Waals surface area (Å²) in [5, 5.41) is 15.1. The van der Waals surface area contributed by atoms with Gasteiger partial charge in [0.1, 0.15) is 10.7 Å². The van der Waals surface area contributed by atoms with E-state index in [9.17, 15) is 14.7 Å². The van der Waals surface area contributed by atoms with E-state index in [0.29, 0.717) is 21.2 Å². The van der Waals surface area contributed by atoms with Crippen molar-refractivity contribution in [3.05, 3.63) is 74.2 Å². The standard InChI is InChI=1S/C19H13Cl3N2O3S/c20-12-6-2-1-4-10(12)19-24-15(9-28-19)18(27)23-14(8-16(25)26)11-5-3-7-13(21)17(11)22/h1-7,9,14H,8H2,(H,23,27)(H,25,26). The second kappa shape index (κ2) is 8.92. The average molecular weight is 456 g/mol. The van der Waals surface area contributed by atoms with Crippen LogP contribution in [0, 0.1) is 0 Å². The molecule has 1 unspecified atom stereocenters. The molecular weight excluding hydrogens is 443 g/mol. The van der Waals surface area contributed by atoms with Gasteiger partial charge in [0.25, 0.3) is 5.91 Å². The van der Waals surface area contributed by atoms with E-state index >= 15 is 0 Å². The number of nitrogens with zero attached hydrogens (tertiary/aromatic N) is 1. The first-order chi connectivity index (χ1) is 13.4. The van der Waals surface area contributed by atoms with Crippen LogP contribution in [0.1, 0.15) is 28.5 Å². The maximum Gasteiger partial charge on any atom is 0.305 e. The van der Waals surface area contributed by atoms with E-state index in [1.807, 2.05) is 12.1 Å². The Morgan fingerprint density at radius 2 is 1.79 bits per heavy atom. The van der Waals surface area contributed by atoms with Crippen molar-refractivity contribution < 1.29 is 14.7 Å². The molecule has 0 aliphatic heterocycles. The molecule has 0 aliphatic rings. The molecule has 0 aliphatic carbocycles. The van der Waals surface area contributed by atoms with Gasteiger partial charge in [0, 0.05) is 10.9 Å². The van der Waals surface area contributed by atoms with Gasteiger partial charge in [-0.25, -0.2) is 4.98 Å². The summed E-state index contributed by atoms with van der Waals surface area (Å²) in [6, 6.07) is 11.2. The van der Waals surface area contributed by atoms with Crippen LogP contribution >= 0.6 is 46.1 Å². The fraction of sp³-hybridized carbons (Fsp3) is 0.105. The summed E-state index contributed by atoms with van der Waals surface area (Å²) in [4.78, 5) is 28.3. The number of hydrogen-bond acceptors (Lipinski definition) is 4. The van der Waals surface area contributed by atoms with Gasteiger partial charge in [-0.3, -0.25) is 9.59 Å². The molecule has 1 heterocycles. The highest BCUT2D eigenvalue weighted by atomic mass is 35.5. The lowest BCUT2D eigenvalue weighted by atomic mass is 10.0. The third-order valence-electron chi connectivity index (χ3n) is 3.88. The molecule has 0 saturated carbocycles. The summed E-state index contributed by atoms with van der Waals surface area (Å²) in [6.45, 7) is 0. The Balaban J connectivity index is 1.86. The van der Waals surface area contributed by atoms with Gasteiger partial charge < -0.3 is 10.4 Å². The lowest BCUT2D eigenvalue weighted by Gasteiger charge is -2.18. The molecule has 5 nitrogen and oxygen atoms in total. The van der Waals surface area contributed by atoms with E-state index in [4.69, 9.17) is 34.8 Å². The van der Waals surface area contributed by atoms with Gasteiger partial charge in [-0.1, -0.05) is 65.1 Å². The second-order valence-electron chi connectivity index (χ2n) is 5.78. The molecule has 1 amide bonds. The van der Waals surface area contributed by atoms with Crippen molar-refractivity contribution in [3.8, 4) is 10.6 Å². The largest absolute Gasteiger partial charge is 0.481 e. The number of thiazole rings is 1. The molecule has 2 N–H and O–H groups in total. The molecule has 9 heteroatoms. The van der Waals surface area contributed by atoms with E-state index in [2.05, 4.69) is 10.3 Å².